The first kappa shape index (κ1) is 17.2. The summed E-state index contributed by atoms with van der Waals surface area (Å²) in [6.07, 6.45) is -0.0160. The molecule has 0 bridgehead atoms. The fourth-order valence-corrected chi connectivity index (χ4v) is 2.68. The topological polar surface area (TPSA) is 21.3 Å². The highest BCUT2D eigenvalue weighted by Crippen LogP contribution is 2.34. The highest BCUT2D eigenvalue weighted by atomic mass is 35.5. The Labute approximate surface area is 144 Å². The first-order valence-electron chi connectivity index (χ1n) is 6.70. The number of hydrogen-bond acceptors (Lipinski definition) is 2. The zero-order valence-electron chi connectivity index (χ0n) is 12.1. The third kappa shape index (κ3) is 4.42. The van der Waals surface area contributed by atoms with Gasteiger partial charge in [0.25, 0.3) is 0 Å². The van der Waals surface area contributed by atoms with Gasteiger partial charge < -0.3 is 10.1 Å². The molecule has 0 atom stereocenters. The summed E-state index contributed by atoms with van der Waals surface area (Å²) in [6, 6.07) is 7.85. The van der Waals surface area contributed by atoms with Crippen LogP contribution in [0.1, 0.15) is 19.4 Å². The van der Waals surface area contributed by atoms with Gasteiger partial charge >= 0.3 is 0 Å². The first-order valence-corrected chi connectivity index (χ1v) is 7.83. The number of anilines is 1. The van der Waals surface area contributed by atoms with Gasteiger partial charge in [0, 0.05) is 22.8 Å². The van der Waals surface area contributed by atoms with E-state index < -0.39 is 5.82 Å². The minimum Gasteiger partial charge on any atom is -0.489 e. The summed E-state index contributed by atoms with van der Waals surface area (Å²) in [5, 5.41) is 4.19. The molecule has 0 saturated heterocycles. The lowest BCUT2D eigenvalue weighted by Crippen LogP contribution is -2.10. The van der Waals surface area contributed by atoms with Gasteiger partial charge in [-0.15, -0.1) is 0 Å². The largest absolute Gasteiger partial charge is 0.489 e. The average molecular weight is 363 g/mol. The minimum absolute atomic E-state index is 0.0160. The van der Waals surface area contributed by atoms with E-state index in [9.17, 15) is 4.39 Å². The van der Waals surface area contributed by atoms with E-state index in [1.165, 1.54) is 12.1 Å². The molecule has 118 valence electrons. The molecule has 1 N–H and O–H groups in total. The molecule has 0 fully saturated rings. The van der Waals surface area contributed by atoms with Crippen molar-refractivity contribution in [3.63, 3.8) is 0 Å². The van der Waals surface area contributed by atoms with Crippen LogP contribution in [0.2, 0.25) is 15.1 Å². The zero-order chi connectivity index (χ0) is 16.3. The van der Waals surface area contributed by atoms with E-state index in [0.717, 1.165) is 5.56 Å². The maximum atomic E-state index is 13.2. The normalized spacial score (nSPS) is 10.9. The van der Waals surface area contributed by atoms with Crippen LogP contribution in [0.4, 0.5) is 10.1 Å². The second-order valence-corrected chi connectivity index (χ2v) is 6.28. The number of halogens is 4. The maximum absolute atomic E-state index is 13.2. The van der Waals surface area contributed by atoms with Crippen LogP contribution in [0.5, 0.6) is 5.75 Å². The van der Waals surface area contributed by atoms with Crippen LogP contribution in [0.15, 0.2) is 30.3 Å². The van der Waals surface area contributed by atoms with Crippen molar-refractivity contribution in [3.05, 3.63) is 56.8 Å². The van der Waals surface area contributed by atoms with Crippen molar-refractivity contribution in [2.75, 3.05) is 5.32 Å². The molecule has 2 aromatic rings. The lowest BCUT2D eigenvalue weighted by Gasteiger charge is -2.17. The Morgan fingerprint density at radius 2 is 1.82 bits per heavy atom. The third-order valence-corrected chi connectivity index (χ3v) is 3.63. The molecular weight excluding hydrogens is 348 g/mol. The highest BCUT2D eigenvalue weighted by molar-refractivity contribution is 6.35. The molecule has 0 aliphatic rings. The lowest BCUT2D eigenvalue weighted by atomic mass is 10.2. The highest BCUT2D eigenvalue weighted by Gasteiger charge is 2.12. The molecule has 0 unspecified atom stereocenters. The minimum atomic E-state index is -0.457. The van der Waals surface area contributed by atoms with Gasteiger partial charge in [-0.1, -0.05) is 34.8 Å². The molecule has 22 heavy (non-hydrogen) atoms. The Kier molecular flexibility index (Phi) is 5.79. The van der Waals surface area contributed by atoms with E-state index in [1.807, 2.05) is 13.8 Å². The number of benzene rings is 2. The van der Waals surface area contributed by atoms with Crippen LogP contribution < -0.4 is 10.1 Å². The van der Waals surface area contributed by atoms with Crippen LogP contribution in [0.25, 0.3) is 0 Å². The van der Waals surface area contributed by atoms with Gasteiger partial charge in [-0.3, -0.25) is 0 Å². The standard InChI is InChI=1S/C16H15Cl3FNO/c1-9(2)22-16-10(5-11(17)6-14(16)19)8-21-12-3-4-15(20)13(18)7-12/h3-7,9,21H,8H2,1-2H3. The van der Waals surface area contributed by atoms with Crippen molar-refractivity contribution in [1.82, 2.24) is 0 Å². The molecule has 2 aromatic carbocycles. The van der Waals surface area contributed by atoms with Gasteiger partial charge in [-0.05, 0) is 44.2 Å². The molecule has 6 heteroatoms. The Morgan fingerprint density at radius 3 is 2.45 bits per heavy atom. The molecule has 2 nitrogen and oxygen atoms in total. The monoisotopic (exact) mass is 361 g/mol. The molecule has 0 radical (unpaired) electrons. The van der Waals surface area contributed by atoms with Gasteiger partial charge in [0.15, 0.2) is 0 Å². The van der Waals surface area contributed by atoms with Crippen LogP contribution in [0.3, 0.4) is 0 Å². The SMILES string of the molecule is CC(C)Oc1c(Cl)cc(Cl)cc1CNc1ccc(F)c(Cl)c1. The molecule has 0 amide bonds. The van der Waals surface area contributed by atoms with Gasteiger partial charge in [0.05, 0.1) is 16.1 Å². The Hall–Kier alpha value is -1.16. The van der Waals surface area contributed by atoms with Crippen LogP contribution >= 0.6 is 34.8 Å². The number of nitrogens with one attached hydrogen (secondary N) is 1. The van der Waals surface area contributed by atoms with Crippen LogP contribution in [-0.4, -0.2) is 6.10 Å². The second-order valence-electron chi connectivity index (χ2n) is 5.02. The molecule has 0 aliphatic carbocycles. The molecule has 2 rings (SSSR count). The molecule has 0 saturated carbocycles. The van der Waals surface area contributed by atoms with Crippen molar-refractivity contribution in [2.24, 2.45) is 0 Å². The van der Waals surface area contributed by atoms with Crippen molar-refractivity contribution in [2.45, 2.75) is 26.5 Å². The molecular formula is C16H15Cl3FNO. The van der Waals surface area contributed by atoms with Crippen molar-refractivity contribution >= 4 is 40.5 Å². The van der Waals surface area contributed by atoms with Gasteiger partial charge in [-0.25, -0.2) is 4.39 Å². The summed E-state index contributed by atoms with van der Waals surface area (Å²) in [5.74, 6) is 0.128. The summed E-state index contributed by atoms with van der Waals surface area (Å²) < 4.78 is 18.9. The first-order chi connectivity index (χ1) is 10.4. The summed E-state index contributed by atoms with van der Waals surface area (Å²) in [7, 11) is 0. The fourth-order valence-electron chi connectivity index (χ4n) is 1.92. The summed E-state index contributed by atoms with van der Waals surface area (Å²) in [4.78, 5) is 0. The lowest BCUT2D eigenvalue weighted by molar-refractivity contribution is 0.240. The molecule has 0 spiro atoms. The Bertz CT molecular complexity index is 677. The van der Waals surface area contributed by atoms with Gasteiger partial charge in [0.2, 0.25) is 0 Å². The third-order valence-electron chi connectivity index (χ3n) is 2.84. The average Bonchev–Trinajstić information content (AvgIpc) is 2.43. The predicted molar refractivity (Wildman–Crippen MR) is 91.0 cm³/mol. The van der Waals surface area contributed by atoms with Gasteiger partial charge in [-0.2, -0.15) is 0 Å². The Balaban J connectivity index is 2.22. The maximum Gasteiger partial charge on any atom is 0.143 e. The smallest absolute Gasteiger partial charge is 0.143 e. The summed E-state index contributed by atoms with van der Waals surface area (Å²) in [6.45, 7) is 4.26. The van der Waals surface area contributed by atoms with E-state index in [0.29, 0.717) is 28.0 Å². The van der Waals surface area contributed by atoms with Crippen molar-refractivity contribution in [1.29, 1.82) is 0 Å². The second kappa shape index (κ2) is 7.40. The van der Waals surface area contributed by atoms with Gasteiger partial charge in [0.1, 0.15) is 11.6 Å². The Morgan fingerprint density at radius 1 is 1.09 bits per heavy atom. The van der Waals surface area contributed by atoms with Crippen LogP contribution in [-0.2, 0) is 6.54 Å². The number of hydrogen-bond donors (Lipinski definition) is 1. The molecule has 0 aromatic heterocycles. The van der Waals surface area contributed by atoms with E-state index in [4.69, 9.17) is 39.5 Å². The van der Waals surface area contributed by atoms with E-state index >= 15 is 0 Å². The quantitative estimate of drug-likeness (QED) is 0.685. The number of ether oxygens (including phenoxy) is 1. The molecule has 0 heterocycles. The van der Waals surface area contributed by atoms with E-state index in [-0.39, 0.29) is 11.1 Å². The summed E-state index contributed by atoms with van der Waals surface area (Å²) >= 11 is 18.0. The summed E-state index contributed by atoms with van der Waals surface area (Å²) in [5.41, 5.74) is 1.50. The van der Waals surface area contributed by atoms with Crippen molar-refractivity contribution in [3.8, 4) is 5.75 Å². The zero-order valence-corrected chi connectivity index (χ0v) is 14.4. The van der Waals surface area contributed by atoms with E-state index in [1.54, 1.807) is 18.2 Å². The molecule has 0 aliphatic heterocycles. The number of rotatable bonds is 5. The van der Waals surface area contributed by atoms with Crippen LogP contribution in [0, 0.1) is 5.82 Å². The predicted octanol–water partition coefficient (Wildman–Crippen LogP) is 6.19. The van der Waals surface area contributed by atoms with Crippen molar-refractivity contribution < 1.29 is 9.13 Å². The van der Waals surface area contributed by atoms with E-state index in [2.05, 4.69) is 5.32 Å². The fraction of sp³-hybridized carbons (Fsp3) is 0.250.